The van der Waals surface area contributed by atoms with Gasteiger partial charge in [0.25, 0.3) is 5.91 Å². The van der Waals surface area contributed by atoms with Gasteiger partial charge in [0.05, 0.1) is 0 Å². The van der Waals surface area contributed by atoms with Gasteiger partial charge in [0.15, 0.2) is 5.16 Å². The molecule has 2 heterocycles. The molecule has 0 bridgehead atoms. The monoisotopic (exact) mass is 529 g/mol. The van der Waals surface area contributed by atoms with Crippen molar-refractivity contribution in [2.24, 2.45) is 0 Å². The number of nitrogens with zero attached hydrogens (tertiary/aromatic N) is 5. The molecule has 1 fully saturated rings. The molecule has 0 unspecified atom stereocenters. The highest BCUT2D eigenvalue weighted by molar-refractivity contribution is 7.98. The molecular weight excluding hydrogens is 501 g/mol. The van der Waals surface area contributed by atoms with Gasteiger partial charge in [-0.1, -0.05) is 60.1 Å². The lowest BCUT2D eigenvalue weighted by molar-refractivity contribution is 0.0746. The zero-order valence-corrected chi connectivity index (χ0v) is 22.3. The highest BCUT2D eigenvalue weighted by Gasteiger charge is 2.22. The molecule has 184 valence electrons. The van der Waals surface area contributed by atoms with Crippen molar-refractivity contribution >= 4 is 52.4 Å². The van der Waals surface area contributed by atoms with E-state index >= 15 is 0 Å². The van der Waals surface area contributed by atoms with Crippen LogP contribution in [0.15, 0.2) is 59.8 Å². The molecule has 1 saturated heterocycles. The summed E-state index contributed by atoms with van der Waals surface area (Å²) in [6.45, 7) is 5.94. The maximum atomic E-state index is 13.2. The second-order valence-corrected chi connectivity index (χ2v) is 10.3. The van der Waals surface area contributed by atoms with E-state index in [0.717, 1.165) is 48.1 Å². The predicted octanol–water partition coefficient (Wildman–Crippen LogP) is 5.88. The second-order valence-electron chi connectivity index (χ2n) is 8.50. The Bertz CT molecular complexity index is 1170. The topological polar surface area (TPSA) is 52.6 Å². The third kappa shape index (κ3) is 6.81. The standard InChI is InChI=1S/C26H29Cl2N5OS/c1-3-10-31(2)24-17-23(28)29-26(30-24)35-18-19-6-4-7-20(15-19)25(34)33-13-11-32(12-14-33)22-9-5-8-21(27)16-22/h4-9,15-17H,3,10-14,18H2,1-2H3. The largest absolute Gasteiger partial charge is 0.368 e. The fourth-order valence-electron chi connectivity index (χ4n) is 4.06. The van der Waals surface area contributed by atoms with Crippen molar-refractivity contribution < 1.29 is 4.79 Å². The number of piperazine rings is 1. The summed E-state index contributed by atoms with van der Waals surface area (Å²) >= 11 is 13.9. The average Bonchev–Trinajstić information content (AvgIpc) is 2.87. The van der Waals surface area contributed by atoms with Crippen molar-refractivity contribution in [3.05, 3.63) is 75.9 Å². The lowest BCUT2D eigenvalue weighted by Crippen LogP contribution is -2.48. The summed E-state index contributed by atoms with van der Waals surface area (Å²) in [5.74, 6) is 1.53. The van der Waals surface area contributed by atoms with Gasteiger partial charge >= 0.3 is 0 Å². The Hall–Kier alpha value is -2.48. The molecule has 1 aliphatic rings. The van der Waals surface area contributed by atoms with Crippen LogP contribution in [-0.2, 0) is 5.75 Å². The lowest BCUT2D eigenvalue weighted by atomic mass is 10.1. The highest BCUT2D eigenvalue weighted by atomic mass is 35.5. The quantitative estimate of drug-likeness (QED) is 0.206. The summed E-state index contributed by atoms with van der Waals surface area (Å²) in [5, 5.41) is 1.79. The van der Waals surface area contributed by atoms with E-state index in [2.05, 4.69) is 32.8 Å². The molecule has 0 N–H and O–H groups in total. The normalized spacial score (nSPS) is 13.7. The molecule has 1 aliphatic heterocycles. The number of hydrogen-bond acceptors (Lipinski definition) is 6. The van der Waals surface area contributed by atoms with Gasteiger partial charge in [-0.2, -0.15) is 0 Å². The van der Waals surface area contributed by atoms with Crippen molar-refractivity contribution in [2.75, 3.05) is 49.6 Å². The number of benzene rings is 2. The van der Waals surface area contributed by atoms with Crippen LogP contribution in [-0.4, -0.2) is 60.5 Å². The predicted molar refractivity (Wildman–Crippen MR) is 146 cm³/mol. The molecule has 0 saturated carbocycles. The molecule has 2 aromatic carbocycles. The SMILES string of the molecule is CCCN(C)c1cc(Cl)nc(SCc2cccc(C(=O)N3CCN(c4cccc(Cl)c4)CC3)c2)n1. The van der Waals surface area contributed by atoms with E-state index in [-0.39, 0.29) is 5.91 Å². The van der Waals surface area contributed by atoms with Crippen LogP contribution in [0, 0.1) is 0 Å². The van der Waals surface area contributed by atoms with Gasteiger partial charge in [0.2, 0.25) is 0 Å². The number of amides is 1. The fourth-order valence-corrected chi connectivity index (χ4v) is 5.27. The van der Waals surface area contributed by atoms with Crippen molar-refractivity contribution in [3.63, 3.8) is 0 Å². The third-order valence-corrected chi connectivity index (χ3v) is 7.24. The van der Waals surface area contributed by atoms with Gasteiger partial charge in [0, 0.05) is 67.9 Å². The van der Waals surface area contributed by atoms with Crippen LogP contribution >= 0.6 is 35.0 Å². The first-order valence-electron chi connectivity index (χ1n) is 11.7. The Morgan fingerprint density at radius 1 is 1.03 bits per heavy atom. The van der Waals surface area contributed by atoms with Crippen molar-refractivity contribution in [2.45, 2.75) is 24.3 Å². The second kappa shape index (κ2) is 12.0. The van der Waals surface area contributed by atoms with E-state index < -0.39 is 0 Å². The van der Waals surface area contributed by atoms with E-state index in [4.69, 9.17) is 23.2 Å². The Labute approximate surface area is 221 Å². The molecule has 1 aromatic heterocycles. The van der Waals surface area contributed by atoms with Crippen LogP contribution in [0.3, 0.4) is 0 Å². The number of carbonyl (C=O) groups is 1. The minimum Gasteiger partial charge on any atom is -0.368 e. The maximum Gasteiger partial charge on any atom is 0.253 e. The smallest absolute Gasteiger partial charge is 0.253 e. The molecule has 1 amide bonds. The lowest BCUT2D eigenvalue weighted by Gasteiger charge is -2.36. The van der Waals surface area contributed by atoms with Gasteiger partial charge < -0.3 is 14.7 Å². The Morgan fingerprint density at radius 2 is 1.80 bits per heavy atom. The first-order valence-corrected chi connectivity index (χ1v) is 13.4. The van der Waals surface area contributed by atoms with Gasteiger partial charge in [0.1, 0.15) is 11.0 Å². The zero-order valence-electron chi connectivity index (χ0n) is 20.0. The number of hydrogen-bond donors (Lipinski definition) is 0. The van der Waals surface area contributed by atoms with Crippen LogP contribution in [0.5, 0.6) is 0 Å². The maximum absolute atomic E-state index is 13.2. The summed E-state index contributed by atoms with van der Waals surface area (Å²) in [5.41, 5.74) is 2.84. The van der Waals surface area contributed by atoms with Crippen LogP contribution < -0.4 is 9.80 Å². The van der Waals surface area contributed by atoms with Crippen LogP contribution in [0.25, 0.3) is 0 Å². The van der Waals surface area contributed by atoms with Crippen molar-refractivity contribution in [1.29, 1.82) is 0 Å². The highest BCUT2D eigenvalue weighted by Crippen LogP contribution is 2.25. The number of carbonyl (C=O) groups excluding carboxylic acids is 1. The summed E-state index contributed by atoms with van der Waals surface area (Å²) in [4.78, 5) is 28.4. The molecule has 3 aromatic rings. The molecule has 0 radical (unpaired) electrons. The van der Waals surface area contributed by atoms with Crippen LogP contribution in [0.1, 0.15) is 29.3 Å². The van der Waals surface area contributed by atoms with E-state index in [1.165, 1.54) is 11.8 Å². The van der Waals surface area contributed by atoms with Gasteiger partial charge in [-0.15, -0.1) is 0 Å². The molecule has 6 nitrogen and oxygen atoms in total. The number of rotatable bonds is 8. The minimum atomic E-state index is 0.0603. The minimum absolute atomic E-state index is 0.0603. The first kappa shape index (κ1) is 25.6. The van der Waals surface area contributed by atoms with E-state index in [0.29, 0.717) is 34.7 Å². The molecular formula is C26H29Cl2N5OS. The van der Waals surface area contributed by atoms with E-state index in [9.17, 15) is 4.79 Å². The zero-order chi connectivity index (χ0) is 24.8. The van der Waals surface area contributed by atoms with Gasteiger partial charge in [-0.3, -0.25) is 4.79 Å². The number of anilines is 2. The Kier molecular flexibility index (Phi) is 8.76. The van der Waals surface area contributed by atoms with E-state index in [1.54, 1.807) is 6.07 Å². The van der Waals surface area contributed by atoms with Gasteiger partial charge in [-0.25, -0.2) is 9.97 Å². The molecule has 0 atom stereocenters. The molecule has 0 spiro atoms. The summed E-state index contributed by atoms with van der Waals surface area (Å²) in [7, 11) is 2.00. The van der Waals surface area contributed by atoms with Crippen molar-refractivity contribution in [3.8, 4) is 0 Å². The number of thioether (sulfide) groups is 1. The van der Waals surface area contributed by atoms with Crippen molar-refractivity contribution in [1.82, 2.24) is 14.9 Å². The molecule has 0 aliphatic carbocycles. The first-order chi connectivity index (χ1) is 16.9. The van der Waals surface area contributed by atoms with E-state index in [1.807, 2.05) is 54.4 Å². The molecule has 9 heteroatoms. The number of halogens is 2. The summed E-state index contributed by atoms with van der Waals surface area (Å²) in [6.07, 6.45) is 1.02. The van der Waals surface area contributed by atoms with Gasteiger partial charge in [-0.05, 0) is 42.3 Å². The Balaban J connectivity index is 1.36. The Morgan fingerprint density at radius 3 is 2.54 bits per heavy atom. The third-order valence-electron chi connectivity index (χ3n) is 5.89. The summed E-state index contributed by atoms with van der Waals surface area (Å²) < 4.78 is 0. The molecule has 35 heavy (non-hydrogen) atoms. The number of aromatic nitrogens is 2. The fraction of sp³-hybridized carbons (Fsp3) is 0.346. The van der Waals surface area contributed by atoms with Crippen LogP contribution in [0.2, 0.25) is 10.2 Å². The van der Waals surface area contributed by atoms with Crippen LogP contribution in [0.4, 0.5) is 11.5 Å². The summed E-state index contributed by atoms with van der Waals surface area (Å²) in [6, 6.07) is 17.4. The molecule has 4 rings (SSSR count). The average molecular weight is 531 g/mol.